The fourth-order valence-corrected chi connectivity index (χ4v) is 2.63. The normalized spacial score (nSPS) is 13.6. The van der Waals surface area contributed by atoms with Crippen LogP contribution in [0.3, 0.4) is 0 Å². The Hall–Kier alpha value is -2.60. The van der Waals surface area contributed by atoms with Gasteiger partial charge in [-0.05, 0) is 37.5 Å². The van der Waals surface area contributed by atoms with Gasteiger partial charge in [0, 0.05) is 36.0 Å². The van der Waals surface area contributed by atoms with Crippen molar-refractivity contribution < 1.29 is 4.79 Å². The summed E-state index contributed by atoms with van der Waals surface area (Å²) in [5.41, 5.74) is 4.65. The van der Waals surface area contributed by atoms with Crippen molar-refractivity contribution in [2.24, 2.45) is 0 Å². The lowest BCUT2D eigenvalue weighted by atomic mass is 10.1. The second kappa shape index (κ2) is 6.44. The lowest BCUT2D eigenvalue weighted by molar-refractivity contribution is 0.112. The van der Waals surface area contributed by atoms with Gasteiger partial charge in [0.25, 0.3) is 0 Å². The Morgan fingerprint density at radius 3 is 2.73 bits per heavy atom. The van der Waals surface area contributed by atoms with Crippen LogP contribution < -0.4 is 4.90 Å². The Bertz CT molecular complexity index is 750. The number of aryl methyl sites for hydroxylation is 1. The highest BCUT2D eigenvalue weighted by molar-refractivity contribution is 5.76. The van der Waals surface area contributed by atoms with Crippen LogP contribution in [0.2, 0.25) is 0 Å². The maximum atomic E-state index is 10.9. The van der Waals surface area contributed by atoms with Gasteiger partial charge in [-0.1, -0.05) is 24.0 Å². The molecule has 1 saturated heterocycles. The Kier molecular flexibility index (Phi) is 4.20. The average molecular weight is 290 g/mol. The summed E-state index contributed by atoms with van der Waals surface area (Å²) < 4.78 is 0. The minimum absolute atomic E-state index is 0.652. The standard InChI is InChI=1S/C19H18N2O/c1-15-4-5-17(14-22)10-18(15)7-6-16-11-19(13-20-12-16)21-8-2-3-9-21/h4-5,10-14H,2-3,8-9H2,1H3. The molecule has 2 heterocycles. The Morgan fingerprint density at radius 2 is 1.95 bits per heavy atom. The van der Waals surface area contributed by atoms with Crippen molar-refractivity contribution in [3.8, 4) is 11.8 Å². The minimum Gasteiger partial charge on any atom is -0.370 e. The lowest BCUT2D eigenvalue weighted by Crippen LogP contribution is -2.17. The van der Waals surface area contributed by atoms with E-state index in [0.717, 1.165) is 41.8 Å². The predicted octanol–water partition coefficient (Wildman–Crippen LogP) is 3.20. The van der Waals surface area contributed by atoms with Gasteiger partial charge in [0.2, 0.25) is 0 Å². The molecule has 3 rings (SSSR count). The van der Waals surface area contributed by atoms with Crippen LogP contribution in [0.5, 0.6) is 0 Å². The van der Waals surface area contributed by atoms with E-state index in [0.29, 0.717) is 5.56 Å². The highest BCUT2D eigenvalue weighted by Gasteiger charge is 2.12. The first-order valence-electron chi connectivity index (χ1n) is 7.54. The Balaban J connectivity index is 1.87. The van der Waals surface area contributed by atoms with Crippen LogP contribution in [0.25, 0.3) is 0 Å². The summed E-state index contributed by atoms with van der Waals surface area (Å²) in [5.74, 6) is 6.32. The maximum absolute atomic E-state index is 10.9. The molecule has 1 aliphatic rings. The van der Waals surface area contributed by atoms with Crippen LogP contribution in [0.1, 0.15) is 39.9 Å². The molecular weight excluding hydrogens is 272 g/mol. The number of benzene rings is 1. The predicted molar refractivity (Wildman–Crippen MR) is 88.2 cm³/mol. The van der Waals surface area contributed by atoms with Gasteiger partial charge in [0.15, 0.2) is 0 Å². The number of aldehydes is 1. The number of hydrogen-bond donors (Lipinski definition) is 0. The van der Waals surface area contributed by atoms with Gasteiger partial charge in [0.1, 0.15) is 6.29 Å². The van der Waals surface area contributed by atoms with Gasteiger partial charge in [0.05, 0.1) is 11.9 Å². The maximum Gasteiger partial charge on any atom is 0.150 e. The molecule has 3 heteroatoms. The van der Waals surface area contributed by atoms with Gasteiger partial charge in [-0.2, -0.15) is 0 Å². The van der Waals surface area contributed by atoms with Gasteiger partial charge < -0.3 is 4.90 Å². The third kappa shape index (κ3) is 3.17. The first kappa shape index (κ1) is 14.3. The third-order valence-corrected chi connectivity index (χ3v) is 3.93. The molecule has 1 aromatic heterocycles. The summed E-state index contributed by atoms with van der Waals surface area (Å²) in [5, 5.41) is 0. The topological polar surface area (TPSA) is 33.2 Å². The lowest BCUT2D eigenvalue weighted by Gasteiger charge is -2.16. The van der Waals surface area contributed by atoms with Crippen molar-refractivity contribution in [1.29, 1.82) is 0 Å². The zero-order valence-corrected chi connectivity index (χ0v) is 12.7. The van der Waals surface area contributed by atoms with Gasteiger partial charge >= 0.3 is 0 Å². The van der Waals surface area contributed by atoms with Gasteiger partial charge in [-0.15, -0.1) is 0 Å². The minimum atomic E-state index is 0.652. The molecular formula is C19H18N2O. The van der Waals surface area contributed by atoms with Crippen LogP contribution in [0.15, 0.2) is 36.7 Å². The van der Waals surface area contributed by atoms with Gasteiger partial charge in [-0.25, -0.2) is 0 Å². The zero-order chi connectivity index (χ0) is 15.4. The van der Waals surface area contributed by atoms with E-state index < -0.39 is 0 Å². The molecule has 1 aromatic carbocycles. The molecule has 0 saturated carbocycles. The molecule has 22 heavy (non-hydrogen) atoms. The quantitative estimate of drug-likeness (QED) is 0.629. The molecule has 0 atom stereocenters. The summed E-state index contributed by atoms with van der Waals surface area (Å²) in [6.07, 6.45) is 7.02. The molecule has 110 valence electrons. The summed E-state index contributed by atoms with van der Waals surface area (Å²) in [6, 6.07) is 7.65. The van der Waals surface area contributed by atoms with E-state index in [4.69, 9.17) is 0 Å². The third-order valence-electron chi connectivity index (χ3n) is 3.93. The van der Waals surface area contributed by atoms with Crippen LogP contribution >= 0.6 is 0 Å². The summed E-state index contributed by atoms with van der Waals surface area (Å²) in [7, 11) is 0. The number of rotatable bonds is 2. The van der Waals surface area contributed by atoms with Gasteiger partial charge in [-0.3, -0.25) is 9.78 Å². The number of carbonyl (C=O) groups excluding carboxylic acids is 1. The van der Waals surface area contributed by atoms with Crippen LogP contribution in [-0.2, 0) is 0 Å². The molecule has 0 spiro atoms. The Morgan fingerprint density at radius 1 is 1.14 bits per heavy atom. The number of pyridine rings is 1. The van der Waals surface area contributed by atoms with E-state index in [-0.39, 0.29) is 0 Å². The molecule has 2 aromatic rings. The molecule has 0 amide bonds. The monoisotopic (exact) mass is 290 g/mol. The van der Waals surface area contributed by atoms with Crippen molar-refractivity contribution in [2.75, 3.05) is 18.0 Å². The number of aromatic nitrogens is 1. The van der Waals surface area contributed by atoms with Crippen LogP contribution in [-0.4, -0.2) is 24.4 Å². The van der Waals surface area contributed by atoms with Crippen molar-refractivity contribution in [1.82, 2.24) is 4.98 Å². The summed E-state index contributed by atoms with van der Waals surface area (Å²) in [4.78, 5) is 17.5. The SMILES string of the molecule is Cc1ccc(C=O)cc1C#Cc1cncc(N2CCCC2)c1. The Labute approximate surface area is 131 Å². The molecule has 1 fully saturated rings. The highest BCUT2D eigenvalue weighted by Crippen LogP contribution is 2.19. The van der Waals surface area contributed by atoms with Crippen molar-refractivity contribution in [3.63, 3.8) is 0 Å². The number of anilines is 1. The van der Waals surface area contributed by atoms with E-state index in [9.17, 15) is 4.79 Å². The van der Waals surface area contributed by atoms with Crippen molar-refractivity contribution in [3.05, 3.63) is 58.9 Å². The fourth-order valence-electron chi connectivity index (χ4n) is 2.63. The molecule has 0 aliphatic carbocycles. The summed E-state index contributed by atoms with van der Waals surface area (Å²) in [6.45, 7) is 4.19. The number of carbonyl (C=O) groups is 1. The highest BCUT2D eigenvalue weighted by atomic mass is 16.1. The average Bonchev–Trinajstić information content (AvgIpc) is 3.09. The summed E-state index contributed by atoms with van der Waals surface area (Å²) >= 11 is 0. The van der Waals surface area contributed by atoms with Crippen LogP contribution in [0, 0.1) is 18.8 Å². The van der Waals surface area contributed by atoms with Crippen LogP contribution in [0.4, 0.5) is 5.69 Å². The van der Waals surface area contributed by atoms with Crippen molar-refractivity contribution in [2.45, 2.75) is 19.8 Å². The van der Waals surface area contributed by atoms with E-state index in [1.807, 2.05) is 31.3 Å². The van der Waals surface area contributed by atoms with E-state index >= 15 is 0 Å². The van der Waals surface area contributed by atoms with Crippen molar-refractivity contribution >= 4 is 12.0 Å². The molecule has 0 N–H and O–H groups in total. The number of nitrogens with zero attached hydrogens (tertiary/aromatic N) is 2. The first-order valence-corrected chi connectivity index (χ1v) is 7.54. The first-order chi connectivity index (χ1) is 10.8. The number of hydrogen-bond acceptors (Lipinski definition) is 3. The fraction of sp³-hybridized carbons (Fsp3) is 0.263. The molecule has 0 bridgehead atoms. The second-order valence-corrected chi connectivity index (χ2v) is 5.57. The second-order valence-electron chi connectivity index (χ2n) is 5.57. The molecule has 0 unspecified atom stereocenters. The molecule has 1 aliphatic heterocycles. The van der Waals surface area contributed by atoms with E-state index in [1.165, 1.54) is 12.8 Å². The smallest absolute Gasteiger partial charge is 0.150 e. The van der Waals surface area contributed by atoms with E-state index in [1.54, 1.807) is 6.20 Å². The largest absolute Gasteiger partial charge is 0.370 e. The van der Waals surface area contributed by atoms with E-state index in [2.05, 4.69) is 27.8 Å². The molecule has 3 nitrogen and oxygen atoms in total. The molecule has 0 radical (unpaired) electrons. The zero-order valence-electron chi connectivity index (χ0n) is 12.7.